The molecule has 0 spiro atoms. The van der Waals surface area contributed by atoms with Gasteiger partial charge >= 0.3 is 29.8 Å². The fourth-order valence-electron chi connectivity index (χ4n) is 1.21. The van der Waals surface area contributed by atoms with Gasteiger partial charge in [-0.15, -0.1) is 0 Å². The minimum atomic E-state index is -1.42. The van der Waals surface area contributed by atoms with Crippen LogP contribution in [0, 0.1) is 0 Å². The molecule has 0 atom stereocenters. The second-order valence-electron chi connectivity index (χ2n) is 5.24. The van der Waals surface area contributed by atoms with E-state index in [0.29, 0.717) is 0 Å². The van der Waals surface area contributed by atoms with Gasteiger partial charge < -0.3 is 33.2 Å². The monoisotopic (exact) mass is 628 g/mol. The highest BCUT2D eigenvalue weighted by molar-refractivity contribution is 5.82. The Hall–Kier alpha value is -4.15. The molecule has 0 amide bonds. The van der Waals surface area contributed by atoms with E-state index in [4.69, 9.17) is 23.7 Å². The fraction of sp³-hybridized carbons (Fsp3) is 0.464. The first-order valence-corrected chi connectivity index (χ1v) is 9.70. The van der Waals surface area contributed by atoms with Crippen LogP contribution in [0.2, 0.25) is 0 Å². The summed E-state index contributed by atoms with van der Waals surface area (Å²) in [5, 5.41) is 0. The minimum Gasteiger partial charge on any atom is -0.435 e. The van der Waals surface area contributed by atoms with Gasteiger partial charge in [-0.1, -0.05) is 77.5 Å². The second-order valence-corrected chi connectivity index (χ2v) is 5.24. The number of rotatable bonds is 20. The maximum Gasteiger partial charge on any atom is 0.332 e. The summed E-state index contributed by atoms with van der Waals surface area (Å²) in [6.45, 7) is 12.3. The van der Waals surface area contributed by atoms with E-state index in [2.05, 4.69) is 56.6 Å². The molecule has 15 nitrogen and oxygen atoms in total. The third-order valence-corrected chi connectivity index (χ3v) is 2.78. The molecule has 254 valence electrons. The molecule has 15 heteroatoms. The van der Waals surface area contributed by atoms with Gasteiger partial charge in [0.1, 0.15) is 0 Å². The van der Waals surface area contributed by atoms with E-state index in [1.165, 1.54) is 0 Å². The third kappa shape index (κ3) is 42.5. The van der Waals surface area contributed by atoms with Crippen LogP contribution >= 0.6 is 0 Å². The Morgan fingerprint density at radius 1 is 0.395 bits per heavy atom. The van der Waals surface area contributed by atoms with Crippen LogP contribution in [0.1, 0.15) is 44.6 Å². The zero-order valence-electron chi connectivity index (χ0n) is 19.9. The van der Waals surface area contributed by atoms with Crippen molar-refractivity contribution in [1.82, 2.24) is 0 Å². The van der Waals surface area contributed by atoms with Gasteiger partial charge in [0.05, 0.1) is 0 Å². The first kappa shape index (κ1) is 58.5. The summed E-state index contributed by atoms with van der Waals surface area (Å²) in [6.07, 6.45) is 4.81. The molecule has 0 aromatic rings. The summed E-state index contributed by atoms with van der Waals surface area (Å²) in [5.74, 6) is -3.36. The smallest absolute Gasteiger partial charge is 0.332 e. The van der Waals surface area contributed by atoms with Crippen LogP contribution in [0.5, 0.6) is 0 Å². The molecule has 0 bridgehead atoms. The van der Waals surface area contributed by atoms with Crippen LogP contribution in [-0.4, -0.2) is 77.1 Å². The molecule has 0 aliphatic rings. The van der Waals surface area contributed by atoms with Crippen LogP contribution in [0.3, 0.4) is 0 Å². The average molecular weight is 629 g/mol. The molecule has 0 radical (unpaired) electrons. The van der Waals surface area contributed by atoms with Crippen molar-refractivity contribution in [1.29, 1.82) is 0 Å². The molecule has 0 rings (SSSR count). The van der Waals surface area contributed by atoms with Gasteiger partial charge in [0, 0.05) is 30.4 Å². The van der Waals surface area contributed by atoms with Crippen LogP contribution < -0.4 is 0 Å². The topological polar surface area (TPSA) is 178 Å². The van der Waals surface area contributed by atoms with Crippen LogP contribution in [0.4, 0.5) is 0 Å². The molecule has 43 heavy (non-hydrogen) atoms. The fourth-order valence-corrected chi connectivity index (χ4v) is 1.21. The third-order valence-electron chi connectivity index (χ3n) is 2.78. The van der Waals surface area contributed by atoms with Crippen molar-refractivity contribution in [3.05, 3.63) is 63.3 Å². The first-order chi connectivity index (χ1) is 17.7. The SMILES string of the molecule is C.C.C.C.C.C.C=CC(=O)OCOC(OCOC(=O)C=C)OCOC(=O)C=C.C=CC(=O)OCOCOCOC(=O)C=C. The number of esters is 5. The number of carbonyl (C=O) groups is 5. The summed E-state index contributed by atoms with van der Waals surface area (Å²) in [4.78, 5) is 53.4. The van der Waals surface area contributed by atoms with Gasteiger partial charge in [-0.2, -0.15) is 0 Å². The molecule has 0 aliphatic heterocycles. The van der Waals surface area contributed by atoms with E-state index in [0.717, 1.165) is 30.4 Å². The second kappa shape index (κ2) is 42.3. The van der Waals surface area contributed by atoms with E-state index < -0.39 is 56.7 Å². The molecule has 0 fully saturated rings. The standard InChI is InChI=1S/C13H16O9.C9H12O6.6CH4/c1-4-10(14)17-7-20-13(21-8-18-11(15)5-2)22-9-19-12(16)6-3;1-3-8(10)14-6-12-5-13-7-15-9(11)4-2;;;;;;/h4-6,13H,1-3,7-9H2;3-4H,1-2,5-7H2;6*1H4. The van der Waals surface area contributed by atoms with Crippen LogP contribution in [0.25, 0.3) is 0 Å². The number of hydrogen-bond donors (Lipinski definition) is 0. The zero-order valence-corrected chi connectivity index (χ0v) is 19.9. The van der Waals surface area contributed by atoms with Crippen molar-refractivity contribution in [3.63, 3.8) is 0 Å². The summed E-state index contributed by atoms with van der Waals surface area (Å²) in [6, 6.07) is 0. The van der Waals surface area contributed by atoms with Crippen molar-refractivity contribution >= 4 is 29.8 Å². The Bertz CT molecular complexity index is 692. The van der Waals surface area contributed by atoms with Crippen LogP contribution in [0.15, 0.2) is 63.3 Å². The predicted molar refractivity (Wildman–Crippen MR) is 160 cm³/mol. The molecule has 0 saturated heterocycles. The molecule has 0 aromatic heterocycles. The van der Waals surface area contributed by atoms with Crippen LogP contribution in [-0.2, 0) is 71.3 Å². The number of ether oxygens (including phenoxy) is 10. The summed E-state index contributed by atoms with van der Waals surface area (Å²) in [5.41, 5.74) is 0. The first-order valence-electron chi connectivity index (χ1n) is 9.70. The largest absolute Gasteiger partial charge is 0.435 e. The Morgan fingerprint density at radius 3 is 0.814 bits per heavy atom. The van der Waals surface area contributed by atoms with E-state index in [-0.39, 0.29) is 64.9 Å². The molecule has 0 saturated carbocycles. The Balaban J connectivity index is -0.0000000875. The van der Waals surface area contributed by atoms with Gasteiger partial charge in [0.25, 0.3) is 6.48 Å². The minimum absolute atomic E-state index is 0. The van der Waals surface area contributed by atoms with Crippen molar-refractivity contribution in [2.75, 3.05) is 40.8 Å². The lowest BCUT2D eigenvalue weighted by Crippen LogP contribution is -2.26. The van der Waals surface area contributed by atoms with E-state index in [1.807, 2.05) is 0 Å². The molecular formula is C28H52O15. The van der Waals surface area contributed by atoms with Gasteiger partial charge in [-0.3, -0.25) is 14.2 Å². The van der Waals surface area contributed by atoms with Crippen molar-refractivity contribution < 1.29 is 71.3 Å². The predicted octanol–water partition coefficient (Wildman–Crippen LogP) is 4.55. The Morgan fingerprint density at radius 2 is 0.605 bits per heavy atom. The van der Waals surface area contributed by atoms with Gasteiger partial charge in [-0.25, -0.2) is 24.0 Å². The van der Waals surface area contributed by atoms with E-state index in [9.17, 15) is 24.0 Å². The molecule has 0 aromatic carbocycles. The normalized spacial score (nSPS) is 8.12. The molecule has 0 heterocycles. The van der Waals surface area contributed by atoms with Crippen molar-refractivity contribution in [3.8, 4) is 0 Å². The number of carbonyl (C=O) groups excluding carboxylic acids is 5. The van der Waals surface area contributed by atoms with Gasteiger partial charge in [0.15, 0.2) is 40.8 Å². The summed E-state index contributed by atoms with van der Waals surface area (Å²) >= 11 is 0. The zero-order chi connectivity index (χ0) is 28.3. The lowest BCUT2D eigenvalue weighted by atomic mass is 10.7. The lowest BCUT2D eigenvalue weighted by Gasteiger charge is -2.17. The van der Waals surface area contributed by atoms with E-state index >= 15 is 0 Å². The summed E-state index contributed by atoms with van der Waals surface area (Å²) < 4.78 is 46.5. The molecular weight excluding hydrogens is 576 g/mol. The van der Waals surface area contributed by atoms with Gasteiger partial charge in [0.2, 0.25) is 0 Å². The average Bonchev–Trinajstić information content (AvgIpc) is 2.91. The van der Waals surface area contributed by atoms with Crippen molar-refractivity contribution in [2.24, 2.45) is 0 Å². The highest BCUT2D eigenvalue weighted by atomic mass is 16.9. The molecule has 0 N–H and O–H groups in total. The quantitative estimate of drug-likeness (QED) is 0.0602. The Labute approximate surface area is 256 Å². The maximum absolute atomic E-state index is 10.8. The summed E-state index contributed by atoms with van der Waals surface area (Å²) in [7, 11) is 0. The number of hydrogen-bond acceptors (Lipinski definition) is 15. The highest BCUT2D eigenvalue weighted by Crippen LogP contribution is 2.00. The Kier molecular flexibility index (Phi) is 57.6. The molecule has 0 aliphatic carbocycles. The lowest BCUT2D eigenvalue weighted by molar-refractivity contribution is -0.339. The maximum atomic E-state index is 10.8. The van der Waals surface area contributed by atoms with E-state index in [1.54, 1.807) is 0 Å². The van der Waals surface area contributed by atoms with Gasteiger partial charge in [-0.05, 0) is 0 Å². The molecule has 0 unspecified atom stereocenters. The highest BCUT2D eigenvalue weighted by Gasteiger charge is 2.13. The van der Waals surface area contributed by atoms with Crippen molar-refractivity contribution in [2.45, 2.75) is 51.0 Å².